The third-order valence-electron chi connectivity index (χ3n) is 7.55. The van der Waals surface area contributed by atoms with Crippen molar-refractivity contribution in [1.29, 1.82) is 0 Å². The van der Waals surface area contributed by atoms with Crippen LogP contribution in [0.2, 0.25) is 0 Å². The molecule has 3 aromatic carbocycles. The van der Waals surface area contributed by atoms with E-state index >= 15 is 0 Å². The van der Waals surface area contributed by atoms with Crippen LogP contribution >= 0.6 is 0 Å². The van der Waals surface area contributed by atoms with E-state index in [0.717, 1.165) is 22.3 Å². The van der Waals surface area contributed by atoms with Gasteiger partial charge in [0.15, 0.2) is 0 Å². The first-order chi connectivity index (χ1) is 17.9. The fraction of sp³-hybridized carbons (Fsp3) is 0.233. The van der Waals surface area contributed by atoms with E-state index in [-0.39, 0.29) is 17.7 Å². The Hall–Kier alpha value is -4.39. The smallest absolute Gasteiger partial charge is 0.247 e. The summed E-state index contributed by atoms with van der Waals surface area (Å²) in [5.74, 6) is -1.74. The van der Waals surface area contributed by atoms with Crippen molar-refractivity contribution in [2.24, 2.45) is 11.8 Å². The first-order valence-electron chi connectivity index (χ1n) is 12.3. The molecule has 3 amide bonds. The SMILES string of the molecule is COc1ccc(NC(=O)C2C3C(=O)N(c4cc(C)cc(C)c4)C(=O)C3C3c4ccccc4C=CN23)cc1. The van der Waals surface area contributed by atoms with Gasteiger partial charge in [0, 0.05) is 11.9 Å². The molecule has 2 saturated heterocycles. The minimum atomic E-state index is -0.839. The Balaban J connectivity index is 1.43. The molecular weight excluding hydrogens is 466 g/mol. The lowest BCUT2D eigenvalue weighted by Crippen LogP contribution is -2.46. The molecule has 186 valence electrons. The quantitative estimate of drug-likeness (QED) is 0.543. The Morgan fingerprint density at radius 3 is 2.27 bits per heavy atom. The molecule has 0 spiro atoms. The van der Waals surface area contributed by atoms with E-state index in [0.29, 0.717) is 17.1 Å². The number of methoxy groups -OCH3 is 1. The van der Waals surface area contributed by atoms with Gasteiger partial charge < -0.3 is 15.0 Å². The number of amides is 3. The predicted octanol–water partition coefficient (Wildman–Crippen LogP) is 4.47. The predicted molar refractivity (Wildman–Crippen MR) is 141 cm³/mol. The fourth-order valence-corrected chi connectivity index (χ4v) is 6.08. The van der Waals surface area contributed by atoms with Crippen LogP contribution in [0.1, 0.15) is 28.3 Å². The molecule has 0 radical (unpaired) electrons. The molecule has 0 aromatic heterocycles. The lowest BCUT2D eigenvalue weighted by Gasteiger charge is -2.35. The van der Waals surface area contributed by atoms with E-state index in [1.807, 2.05) is 73.5 Å². The van der Waals surface area contributed by atoms with E-state index in [1.165, 1.54) is 4.90 Å². The standard InChI is InChI=1S/C30H27N3O4/c1-17-14-18(2)16-21(15-17)33-29(35)24-25(30(33)36)27(28(34)31-20-8-10-22(37-3)11-9-20)32-13-12-19-6-4-5-7-23(19)26(24)32/h4-16,24-27H,1-3H3,(H,31,34). The zero-order valence-corrected chi connectivity index (χ0v) is 20.8. The number of benzene rings is 3. The van der Waals surface area contributed by atoms with Crippen LogP contribution in [0.5, 0.6) is 5.75 Å². The van der Waals surface area contributed by atoms with Crippen LogP contribution in [-0.4, -0.2) is 35.8 Å². The van der Waals surface area contributed by atoms with Gasteiger partial charge in [-0.2, -0.15) is 0 Å². The van der Waals surface area contributed by atoms with Crippen molar-refractivity contribution in [2.45, 2.75) is 25.9 Å². The molecule has 2 fully saturated rings. The minimum absolute atomic E-state index is 0.264. The lowest BCUT2D eigenvalue weighted by molar-refractivity contribution is -0.128. The van der Waals surface area contributed by atoms with E-state index in [2.05, 4.69) is 5.32 Å². The largest absolute Gasteiger partial charge is 0.497 e. The zero-order valence-electron chi connectivity index (χ0n) is 20.8. The van der Waals surface area contributed by atoms with E-state index in [9.17, 15) is 14.4 Å². The number of nitrogens with one attached hydrogen (secondary N) is 1. The number of hydrogen-bond donors (Lipinski definition) is 1. The molecule has 37 heavy (non-hydrogen) atoms. The maximum atomic E-state index is 14.0. The highest BCUT2D eigenvalue weighted by molar-refractivity contribution is 6.24. The molecule has 3 aliphatic rings. The maximum Gasteiger partial charge on any atom is 0.247 e. The van der Waals surface area contributed by atoms with Crippen LogP contribution in [0, 0.1) is 25.7 Å². The number of carbonyl (C=O) groups excluding carboxylic acids is 3. The van der Waals surface area contributed by atoms with Crippen LogP contribution in [0.15, 0.2) is 72.9 Å². The Morgan fingerprint density at radius 2 is 1.57 bits per heavy atom. The van der Waals surface area contributed by atoms with Crippen molar-refractivity contribution in [3.05, 3.63) is 95.2 Å². The molecule has 0 saturated carbocycles. The van der Waals surface area contributed by atoms with Gasteiger partial charge in [0.1, 0.15) is 11.8 Å². The van der Waals surface area contributed by atoms with Crippen molar-refractivity contribution >= 4 is 35.2 Å². The summed E-state index contributed by atoms with van der Waals surface area (Å²) in [6.07, 6.45) is 3.79. The van der Waals surface area contributed by atoms with E-state index in [4.69, 9.17) is 4.74 Å². The van der Waals surface area contributed by atoms with Gasteiger partial charge in [0.2, 0.25) is 17.7 Å². The molecule has 4 unspecified atom stereocenters. The highest BCUT2D eigenvalue weighted by Crippen LogP contribution is 2.53. The average molecular weight is 494 g/mol. The normalized spacial score (nSPS) is 23.5. The third kappa shape index (κ3) is 3.61. The van der Waals surface area contributed by atoms with E-state index in [1.54, 1.807) is 31.4 Å². The van der Waals surface area contributed by atoms with Gasteiger partial charge in [-0.15, -0.1) is 0 Å². The van der Waals surface area contributed by atoms with Crippen molar-refractivity contribution in [3.8, 4) is 5.75 Å². The lowest BCUT2D eigenvalue weighted by atomic mass is 9.84. The first-order valence-corrected chi connectivity index (χ1v) is 12.3. The summed E-state index contributed by atoms with van der Waals surface area (Å²) < 4.78 is 5.21. The summed E-state index contributed by atoms with van der Waals surface area (Å²) >= 11 is 0. The Kier molecular flexibility index (Phi) is 5.37. The Bertz CT molecular complexity index is 1440. The summed E-state index contributed by atoms with van der Waals surface area (Å²) in [6, 6.07) is 19.3. The molecular formula is C30H27N3O4. The highest BCUT2D eigenvalue weighted by atomic mass is 16.5. The average Bonchev–Trinajstić information content (AvgIpc) is 3.36. The molecule has 3 aromatic rings. The topological polar surface area (TPSA) is 79.0 Å². The van der Waals surface area contributed by atoms with Crippen molar-refractivity contribution in [1.82, 2.24) is 4.90 Å². The van der Waals surface area contributed by atoms with Gasteiger partial charge in [-0.3, -0.25) is 14.4 Å². The molecule has 3 aliphatic heterocycles. The number of hydrogen-bond acceptors (Lipinski definition) is 5. The zero-order chi connectivity index (χ0) is 25.8. The summed E-state index contributed by atoms with van der Waals surface area (Å²) in [5.41, 5.74) is 5.02. The number of ether oxygens (including phenoxy) is 1. The molecule has 1 N–H and O–H groups in total. The van der Waals surface area contributed by atoms with Gasteiger partial charge >= 0.3 is 0 Å². The number of nitrogens with zero attached hydrogens (tertiary/aromatic N) is 2. The van der Waals surface area contributed by atoms with Gasteiger partial charge in [-0.1, -0.05) is 30.3 Å². The molecule has 6 rings (SSSR count). The van der Waals surface area contributed by atoms with Crippen LogP contribution in [0.3, 0.4) is 0 Å². The van der Waals surface area contributed by atoms with E-state index < -0.39 is 23.9 Å². The van der Waals surface area contributed by atoms with Gasteiger partial charge in [0.25, 0.3) is 0 Å². The summed E-state index contributed by atoms with van der Waals surface area (Å²) in [6.45, 7) is 3.88. The second-order valence-electron chi connectivity index (χ2n) is 9.91. The number of aryl methyl sites for hydroxylation is 2. The van der Waals surface area contributed by atoms with Crippen molar-refractivity contribution < 1.29 is 19.1 Å². The summed E-state index contributed by atoms with van der Waals surface area (Å²) in [4.78, 5) is 44.9. The highest BCUT2D eigenvalue weighted by Gasteiger charge is 2.64. The number of rotatable bonds is 4. The molecule has 0 bridgehead atoms. The van der Waals surface area contributed by atoms with Crippen LogP contribution in [0.25, 0.3) is 6.08 Å². The van der Waals surface area contributed by atoms with Gasteiger partial charge in [-0.25, -0.2) is 4.90 Å². The first kappa shape index (κ1) is 23.0. The number of carbonyl (C=O) groups is 3. The molecule has 4 atom stereocenters. The molecule has 0 aliphatic carbocycles. The number of anilines is 2. The molecule has 3 heterocycles. The minimum Gasteiger partial charge on any atom is -0.497 e. The van der Waals surface area contributed by atoms with Gasteiger partial charge in [0.05, 0.1) is 30.7 Å². The maximum absolute atomic E-state index is 14.0. The van der Waals surface area contributed by atoms with Crippen LogP contribution in [-0.2, 0) is 14.4 Å². The second kappa shape index (κ2) is 8.62. The molecule has 7 nitrogen and oxygen atoms in total. The number of fused-ring (bicyclic) bond motifs is 5. The number of imide groups is 1. The molecule has 7 heteroatoms. The second-order valence-corrected chi connectivity index (χ2v) is 9.91. The summed E-state index contributed by atoms with van der Waals surface area (Å²) in [5, 5.41) is 2.96. The van der Waals surface area contributed by atoms with Gasteiger partial charge in [-0.05, 0) is 78.6 Å². The van der Waals surface area contributed by atoms with Crippen LogP contribution < -0.4 is 15.0 Å². The Labute approximate surface area is 215 Å². The van der Waals surface area contributed by atoms with Crippen LogP contribution in [0.4, 0.5) is 11.4 Å². The third-order valence-corrected chi connectivity index (χ3v) is 7.55. The fourth-order valence-electron chi connectivity index (χ4n) is 6.08. The monoisotopic (exact) mass is 493 g/mol. The Morgan fingerprint density at radius 1 is 0.892 bits per heavy atom. The summed E-state index contributed by atoms with van der Waals surface area (Å²) in [7, 11) is 1.58. The van der Waals surface area contributed by atoms with Crippen molar-refractivity contribution in [3.63, 3.8) is 0 Å². The van der Waals surface area contributed by atoms with Crippen molar-refractivity contribution in [2.75, 3.05) is 17.3 Å².